The third-order valence-electron chi connectivity index (χ3n) is 6.01. The lowest BCUT2D eigenvalue weighted by Crippen LogP contribution is -2.41. The summed E-state index contributed by atoms with van der Waals surface area (Å²) in [4.78, 5) is 25.1. The molecule has 1 N–H and O–H groups in total. The van der Waals surface area contributed by atoms with Gasteiger partial charge in [0, 0.05) is 43.1 Å². The van der Waals surface area contributed by atoms with Gasteiger partial charge in [-0.15, -0.1) is 0 Å². The van der Waals surface area contributed by atoms with Gasteiger partial charge in [-0.1, -0.05) is 11.6 Å². The molecule has 0 unspecified atom stereocenters. The number of esters is 1. The summed E-state index contributed by atoms with van der Waals surface area (Å²) < 4.78 is 48.4. The Morgan fingerprint density at radius 2 is 1.85 bits per heavy atom. The fraction of sp³-hybridized carbons (Fsp3) is 0.455. The van der Waals surface area contributed by atoms with Crippen LogP contribution in [0.2, 0.25) is 5.02 Å². The molecule has 1 aromatic heterocycles. The first kappa shape index (κ1) is 25.2. The molecule has 1 aliphatic rings. The molecule has 180 valence electrons. The van der Waals surface area contributed by atoms with E-state index in [2.05, 4.69) is 5.32 Å². The van der Waals surface area contributed by atoms with E-state index in [0.717, 1.165) is 0 Å². The average Bonchev–Trinajstić information content (AvgIpc) is 3.01. The van der Waals surface area contributed by atoms with Crippen LogP contribution in [0.1, 0.15) is 41.5 Å². The van der Waals surface area contributed by atoms with Gasteiger partial charge in [0.15, 0.2) is 0 Å². The van der Waals surface area contributed by atoms with Gasteiger partial charge in [-0.25, -0.2) is 17.6 Å². The fourth-order valence-corrected chi connectivity index (χ4v) is 6.11. The minimum atomic E-state index is -3.99. The molecule has 0 bridgehead atoms. The van der Waals surface area contributed by atoms with Crippen molar-refractivity contribution in [3.8, 4) is 0 Å². The van der Waals surface area contributed by atoms with Crippen LogP contribution in [0.3, 0.4) is 0 Å². The van der Waals surface area contributed by atoms with E-state index in [0.29, 0.717) is 29.9 Å². The Labute approximate surface area is 197 Å². The van der Waals surface area contributed by atoms with Crippen LogP contribution < -0.4 is 5.32 Å². The number of carbonyl (C=O) groups excluding carboxylic acids is 2. The molecule has 8 nitrogen and oxygen atoms in total. The Bertz CT molecular complexity index is 1190. The number of rotatable bonds is 6. The lowest BCUT2D eigenvalue weighted by atomic mass is 9.97. The van der Waals surface area contributed by atoms with Crippen LogP contribution in [0.25, 0.3) is 0 Å². The van der Waals surface area contributed by atoms with Crippen molar-refractivity contribution in [3.05, 3.63) is 46.0 Å². The minimum absolute atomic E-state index is 0.0462. The Kier molecular flexibility index (Phi) is 7.50. The standard InChI is InChI=1S/C22H27ClFN3O5S/c1-5-32-22(29)19-13(2)26(4)14(3)20(19)33(30,31)27-10-8-15(9-11-27)21(28)25-16-6-7-18(24)17(23)12-16/h6-7,12,15H,5,8-11H2,1-4H3,(H,25,28). The maximum Gasteiger partial charge on any atom is 0.341 e. The molecule has 0 radical (unpaired) electrons. The number of aromatic nitrogens is 1. The number of carbonyl (C=O) groups is 2. The molecule has 1 aliphatic heterocycles. The number of benzene rings is 1. The first-order valence-electron chi connectivity index (χ1n) is 10.6. The van der Waals surface area contributed by atoms with Crippen molar-refractivity contribution in [2.24, 2.45) is 13.0 Å². The number of halogens is 2. The van der Waals surface area contributed by atoms with Crippen molar-refractivity contribution in [3.63, 3.8) is 0 Å². The largest absolute Gasteiger partial charge is 0.462 e. The first-order valence-corrected chi connectivity index (χ1v) is 12.4. The Hall–Kier alpha value is -2.43. The van der Waals surface area contributed by atoms with Crippen LogP contribution in [0.15, 0.2) is 23.1 Å². The van der Waals surface area contributed by atoms with E-state index < -0.39 is 27.7 Å². The van der Waals surface area contributed by atoms with Crippen LogP contribution in [-0.4, -0.2) is 48.9 Å². The molecule has 2 aromatic rings. The third-order valence-corrected chi connectivity index (χ3v) is 8.36. The number of piperidine rings is 1. The molecule has 0 saturated carbocycles. The Morgan fingerprint density at radius 1 is 1.21 bits per heavy atom. The minimum Gasteiger partial charge on any atom is -0.462 e. The molecule has 0 atom stereocenters. The van der Waals surface area contributed by atoms with Gasteiger partial charge in [0.2, 0.25) is 15.9 Å². The molecular weight excluding hydrogens is 473 g/mol. The summed E-state index contributed by atoms with van der Waals surface area (Å²) >= 11 is 5.76. The van der Waals surface area contributed by atoms with E-state index in [4.69, 9.17) is 16.3 Å². The molecule has 3 rings (SSSR count). The zero-order chi connectivity index (χ0) is 24.5. The fourth-order valence-electron chi connectivity index (χ4n) is 3.98. The van der Waals surface area contributed by atoms with E-state index in [9.17, 15) is 22.4 Å². The van der Waals surface area contributed by atoms with Crippen molar-refractivity contribution in [1.29, 1.82) is 0 Å². The topological polar surface area (TPSA) is 97.7 Å². The summed E-state index contributed by atoms with van der Waals surface area (Å²) in [5, 5.41) is 2.60. The number of nitrogens with zero attached hydrogens (tertiary/aromatic N) is 2. The van der Waals surface area contributed by atoms with E-state index in [1.807, 2.05) is 0 Å². The average molecular weight is 500 g/mol. The molecular formula is C22H27ClFN3O5S. The maximum atomic E-state index is 13.5. The highest BCUT2D eigenvalue weighted by molar-refractivity contribution is 7.89. The van der Waals surface area contributed by atoms with Crippen molar-refractivity contribution in [1.82, 2.24) is 8.87 Å². The summed E-state index contributed by atoms with van der Waals surface area (Å²) in [7, 11) is -2.29. The third kappa shape index (κ3) is 4.92. The Morgan fingerprint density at radius 3 is 2.42 bits per heavy atom. The van der Waals surface area contributed by atoms with Crippen molar-refractivity contribution >= 4 is 39.2 Å². The molecule has 1 fully saturated rings. The van der Waals surface area contributed by atoms with Gasteiger partial charge < -0.3 is 14.6 Å². The summed E-state index contributed by atoms with van der Waals surface area (Å²) in [6.45, 7) is 5.37. The van der Waals surface area contributed by atoms with Gasteiger partial charge in [0.25, 0.3) is 0 Å². The van der Waals surface area contributed by atoms with Gasteiger partial charge in [0.05, 0.1) is 11.6 Å². The quantitative estimate of drug-likeness (QED) is 0.612. The normalized spacial score (nSPS) is 15.5. The zero-order valence-electron chi connectivity index (χ0n) is 18.9. The van der Waals surface area contributed by atoms with Gasteiger partial charge in [-0.2, -0.15) is 4.31 Å². The van der Waals surface area contributed by atoms with Crippen molar-refractivity contribution in [2.45, 2.75) is 38.5 Å². The van der Waals surface area contributed by atoms with Crippen LogP contribution >= 0.6 is 11.6 Å². The smallest absolute Gasteiger partial charge is 0.341 e. The number of anilines is 1. The van der Waals surface area contributed by atoms with E-state index in [1.165, 1.54) is 22.5 Å². The maximum absolute atomic E-state index is 13.5. The number of ether oxygens (including phenoxy) is 1. The van der Waals surface area contributed by atoms with E-state index >= 15 is 0 Å². The molecule has 1 aromatic carbocycles. The monoisotopic (exact) mass is 499 g/mol. The number of nitrogens with one attached hydrogen (secondary N) is 1. The van der Waals surface area contributed by atoms with Crippen LogP contribution in [0, 0.1) is 25.6 Å². The number of sulfonamides is 1. The van der Waals surface area contributed by atoms with Gasteiger partial charge in [0.1, 0.15) is 16.3 Å². The van der Waals surface area contributed by atoms with E-state index in [1.54, 1.807) is 32.4 Å². The summed E-state index contributed by atoms with van der Waals surface area (Å²) in [5.74, 6) is -1.96. The number of hydrogen-bond donors (Lipinski definition) is 1. The lowest BCUT2D eigenvalue weighted by molar-refractivity contribution is -0.120. The summed E-state index contributed by atoms with van der Waals surface area (Å²) in [6.07, 6.45) is 0.610. The highest BCUT2D eigenvalue weighted by atomic mass is 35.5. The lowest BCUT2D eigenvalue weighted by Gasteiger charge is -2.30. The number of amides is 1. The van der Waals surface area contributed by atoms with Crippen LogP contribution in [0.5, 0.6) is 0 Å². The molecule has 1 saturated heterocycles. The second-order valence-corrected chi connectivity index (χ2v) is 10.2. The highest BCUT2D eigenvalue weighted by Crippen LogP contribution is 2.32. The molecule has 2 heterocycles. The molecule has 0 aliphatic carbocycles. The van der Waals surface area contributed by atoms with Gasteiger partial charge >= 0.3 is 5.97 Å². The van der Waals surface area contributed by atoms with Crippen molar-refractivity contribution < 1.29 is 27.1 Å². The van der Waals surface area contributed by atoms with Crippen LogP contribution in [-0.2, 0) is 26.6 Å². The second-order valence-electron chi connectivity index (χ2n) is 7.95. The predicted molar refractivity (Wildman–Crippen MR) is 122 cm³/mol. The second kappa shape index (κ2) is 9.82. The van der Waals surface area contributed by atoms with Gasteiger partial charge in [-0.3, -0.25) is 4.79 Å². The number of hydrogen-bond acceptors (Lipinski definition) is 5. The van der Waals surface area contributed by atoms with Crippen LogP contribution in [0.4, 0.5) is 10.1 Å². The Balaban J connectivity index is 1.76. The first-order chi connectivity index (χ1) is 15.5. The van der Waals surface area contributed by atoms with Crippen molar-refractivity contribution in [2.75, 3.05) is 25.0 Å². The SMILES string of the molecule is CCOC(=O)c1c(S(=O)(=O)N2CCC(C(=O)Nc3ccc(F)c(Cl)c3)CC2)c(C)n(C)c1C. The predicted octanol–water partition coefficient (Wildman–Crippen LogP) is 3.65. The molecule has 11 heteroatoms. The van der Waals surface area contributed by atoms with Gasteiger partial charge in [-0.05, 0) is 51.8 Å². The zero-order valence-corrected chi connectivity index (χ0v) is 20.5. The highest BCUT2D eigenvalue weighted by Gasteiger charge is 2.38. The van der Waals surface area contributed by atoms with E-state index in [-0.39, 0.29) is 41.1 Å². The molecule has 33 heavy (non-hydrogen) atoms. The summed E-state index contributed by atoms with van der Waals surface area (Å²) in [6, 6.07) is 3.90. The molecule has 1 amide bonds. The summed E-state index contributed by atoms with van der Waals surface area (Å²) in [5.41, 5.74) is 1.38. The molecule has 0 spiro atoms.